The number of fused-ring (bicyclic) bond motifs is 2. The summed E-state index contributed by atoms with van der Waals surface area (Å²) in [5.41, 5.74) is 6.43. The fraction of sp³-hybridized carbons (Fsp3) is 0.364. The molecule has 1 N–H and O–H groups in total. The van der Waals surface area contributed by atoms with Gasteiger partial charge >= 0.3 is 6.36 Å². The average molecular weight is 729 g/mol. The van der Waals surface area contributed by atoms with Crippen LogP contribution in [0, 0.1) is 0 Å². The van der Waals surface area contributed by atoms with Gasteiger partial charge in [-0.15, -0.1) is 24.5 Å². The summed E-state index contributed by atoms with van der Waals surface area (Å²) in [5, 5.41) is 5.47. The van der Waals surface area contributed by atoms with Crippen molar-refractivity contribution in [2.24, 2.45) is 5.10 Å². The van der Waals surface area contributed by atoms with Gasteiger partial charge in [0.25, 0.3) is 0 Å². The first kappa shape index (κ1) is 34.2. The lowest BCUT2D eigenvalue weighted by molar-refractivity contribution is -0.274. The quantitative estimate of drug-likeness (QED) is 0.158. The Hall–Kier alpha value is -4.29. The van der Waals surface area contributed by atoms with Crippen LogP contribution in [0.15, 0.2) is 65.9 Å². The number of para-hydroxylation sites is 1. The Morgan fingerprint density at radius 3 is 2.46 bits per heavy atom. The van der Waals surface area contributed by atoms with Gasteiger partial charge in [-0.1, -0.05) is 30.3 Å². The molecule has 2 aliphatic heterocycles. The molecule has 0 unspecified atom stereocenters. The minimum Gasteiger partial charge on any atom is -0.406 e. The summed E-state index contributed by atoms with van der Waals surface area (Å²) >= 11 is 1.65. The maximum Gasteiger partial charge on any atom is 0.573 e. The number of sulfonamides is 1. The molecule has 5 aromatic rings. The standard InChI is InChI=1S/C33H35F3N8O4S2/c1-50(45,46)44-12-10-41(11-13-44)22-26-18-28-30(49-26)31(42-14-16-47-17-15-42)39-32(38-28)40-37-19-24-21-43(29-5-3-2-4-27(24)29)20-23-6-8-25(9-7-23)48-33(34,35)36/h2-9,18-19,21H,10-17,20,22H2,1H3,(H,38,39,40)/b37-19+. The molecular formula is C33H35F3N8O4S2. The molecule has 0 spiro atoms. The van der Waals surface area contributed by atoms with Gasteiger partial charge in [0.05, 0.1) is 35.9 Å². The van der Waals surface area contributed by atoms with Gasteiger partial charge in [0.15, 0.2) is 5.82 Å². The summed E-state index contributed by atoms with van der Waals surface area (Å²) in [6, 6.07) is 15.7. The molecule has 50 heavy (non-hydrogen) atoms. The lowest BCUT2D eigenvalue weighted by Gasteiger charge is -2.32. The molecule has 2 aliphatic rings. The fourth-order valence-corrected chi connectivity index (χ4v) is 8.16. The van der Waals surface area contributed by atoms with Crippen molar-refractivity contribution >= 4 is 60.5 Å². The van der Waals surface area contributed by atoms with Crippen molar-refractivity contribution in [3.8, 4) is 5.75 Å². The number of nitrogens with zero attached hydrogens (tertiary/aromatic N) is 7. The van der Waals surface area contributed by atoms with E-state index in [2.05, 4.69) is 31.1 Å². The van der Waals surface area contributed by atoms with Gasteiger partial charge < -0.3 is 18.9 Å². The molecule has 2 fully saturated rings. The third-order valence-corrected chi connectivity index (χ3v) is 11.0. The molecule has 2 aromatic carbocycles. The molecule has 17 heteroatoms. The molecule has 2 saturated heterocycles. The predicted molar refractivity (Wildman–Crippen MR) is 188 cm³/mol. The zero-order valence-corrected chi connectivity index (χ0v) is 28.8. The molecule has 0 saturated carbocycles. The average Bonchev–Trinajstić information content (AvgIpc) is 3.65. The van der Waals surface area contributed by atoms with E-state index in [0.29, 0.717) is 71.5 Å². The normalized spacial score (nSPS) is 16.9. The number of hydrazone groups is 1. The number of piperazine rings is 1. The highest BCUT2D eigenvalue weighted by Crippen LogP contribution is 2.34. The van der Waals surface area contributed by atoms with Crippen LogP contribution in [0.5, 0.6) is 5.75 Å². The number of benzene rings is 2. The highest BCUT2D eigenvalue weighted by molar-refractivity contribution is 7.88. The number of morpholine rings is 1. The zero-order valence-electron chi connectivity index (χ0n) is 27.1. The van der Waals surface area contributed by atoms with Crippen molar-refractivity contribution in [1.82, 2.24) is 23.7 Å². The number of halogens is 3. The minimum absolute atomic E-state index is 0.265. The number of rotatable bonds is 10. The van der Waals surface area contributed by atoms with E-state index < -0.39 is 16.4 Å². The summed E-state index contributed by atoms with van der Waals surface area (Å²) in [5.74, 6) is 0.905. The van der Waals surface area contributed by atoms with Crippen LogP contribution in [0.1, 0.15) is 16.0 Å². The largest absolute Gasteiger partial charge is 0.573 e. The van der Waals surface area contributed by atoms with E-state index in [9.17, 15) is 21.6 Å². The maximum absolute atomic E-state index is 12.6. The first-order valence-electron chi connectivity index (χ1n) is 16.0. The van der Waals surface area contributed by atoms with Gasteiger partial charge in [0.2, 0.25) is 16.0 Å². The van der Waals surface area contributed by atoms with Gasteiger partial charge in [-0.25, -0.2) is 18.8 Å². The van der Waals surface area contributed by atoms with Crippen LogP contribution in [-0.2, 0) is 27.8 Å². The summed E-state index contributed by atoms with van der Waals surface area (Å²) < 4.78 is 75.8. The maximum atomic E-state index is 12.6. The Balaban J connectivity index is 1.10. The molecule has 0 atom stereocenters. The van der Waals surface area contributed by atoms with Crippen LogP contribution in [0.2, 0.25) is 0 Å². The van der Waals surface area contributed by atoms with Gasteiger partial charge in [-0.05, 0) is 29.8 Å². The number of nitrogens with one attached hydrogen (secondary N) is 1. The number of hydrogen-bond donors (Lipinski definition) is 1. The summed E-state index contributed by atoms with van der Waals surface area (Å²) in [6.45, 7) is 6.00. The molecule has 0 amide bonds. The molecule has 5 heterocycles. The Morgan fingerprint density at radius 2 is 1.74 bits per heavy atom. The molecule has 0 radical (unpaired) electrons. The molecule has 7 rings (SSSR count). The van der Waals surface area contributed by atoms with Gasteiger partial charge in [0, 0.05) is 79.9 Å². The number of ether oxygens (including phenoxy) is 2. The van der Waals surface area contributed by atoms with Crippen LogP contribution in [0.3, 0.4) is 0 Å². The second-order valence-electron chi connectivity index (χ2n) is 12.1. The third kappa shape index (κ3) is 8.02. The molecular weight excluding hydrogens is 694 g/mol. The first-order valence-corrected chi connectivity index (χ1v) is 18.7. The van der Waals surface area contributed by atoms with E-state index in [0.717, 1.165) is 42.9 Å². The topological polar surface area (TPSA) is 117 Å². The van der Waals surface area contributed by atoms with Crippen LogP contribution >= 0.6 is 11.3 Å². The summed E-state index contributed by atoms with van der Waals surface area (Å²) in [4.78, 5) is 15.2. The molecule has 0 aliphatic carbocycles. The van der Waals surface area contributed by atoms with Crippen molar-refractivity contribution in [3.63, 3.8) is 0 Å². The van der Waals surface area contributed by atoms with E-state index in [1.165, 1.54) is 22.7 Å². The minimum atomic E-state index is -4.74. The monoisotopic (exact) mass is 728 g/mol. The third-order valence-electron chi connectivity index (χ3n) is 8.59. The lowest BCUT2D eigenvalue weighted by Crippen LogP contribution is -2.47. The Bertz CT molecular complexity index is 2110. The Labute approximate surface area is 290 Å². The van der Waals surface area contributed by atoms with Gasteiger partial charge in [-0.2, -0.15) is 14.4 Å². The number of thiophene rings is 1. The number of alkyl halides is 3. The van der Waals surface area contributed by atoms with Crippen molar-refractivity contribution in [2.45, 2.75) is 19.5 Å². The van der Waals surface area contributed by atoms with E-state index in [1.54, 1.807) is 29.7 Å². The number of aromatic nitrogens is 3. The predicted octanol–water partition coefficient (Wildman–Crippen LogP) is 4.95. The van der Waals surface area contributed by atoms with Crippen LogP contribution < -0.4 is 15.1 Å². The van der Waals surface area contributed by atoms with E-state index in [1.807, 2.05) is 35.0 Å². The van der Waals surface area contributed by atoms with Crippen molar-refractivity contribution < 1.29 is 31.1 Å². The first-order chi connectivity index (χ1) is 24.0. The molecule has 264 valence electrons. The van der Waals surface area contributed by atoms with Crippen LogP contribution in [0.4, 0.5) is 24.9 Å². The molecule has 3 aromatic heterocycles. The SMILES string of the molecule is CS(=O)(=O)N1CCN(Cc2cc3nc(N/N=C/c4cn(Cc5ccc(OC(F)(F)F)cc5)c5ccccc45)nc(N4CCOCC4)c3s2)CC1. The summed E-state index contributed by atoms with van der Waals surface area (Å²) in [6.07, 6.45) is 0.159. The van der Waals surface area contributed by atoms with Gasteiger partial charge in [0.1, 0.15) is 5.75 Å². The molecule has 0 bridgehead atoms. The lowest BCUT2D eigenvalue weighted by atomic mass is 10.2. The fourth-order valence-electron chi connectivity index (χ4n) is 6.18. The highest BCUT2D eigenvalue weighted by atomic mass is 32.2. The highest BCUT2D eigenvalue weighted by Gasteiger charge is 2.31. The van der Waals surface area contributed by atoms with Crippen molar-refractivity contribution in [1.29, 1.82) is 0 Å². The van der Waals surface area contributed by atoms with Crippen molar-refractivity contribution in [3.05, 3.63) is 76.8 Å². The molecule has 12 nitrogen and oxygen atoms in total. The number of hydrogen-bond acceptors (Lipinski definition) is 11. The smallest absolute Gasteiger partial charge is 0.406 e. The second kappa shape index (κ2) is 14.1. The van der Waals surface area contributed by atoms with E-state index >= 15 is 0 Å². The van der Waals surface area contributed by atoms with E-state index in [-0.39, 0.29) is 5.75 Å². The second-order valence-corrected chi connectivity index (χ2v) is 15.2. The Kier molecular flexibility index (Phi) is 9.67. The van der Waals surface area contributed by atoms with Crippen LogP contribution in [-0.4, -0.2) is 103 Å². The van der Waals surface area contributed by atoms with Gasteiger partial charge in [-0.3, -0.25) is 4.90 Å². The summed E-state index contributed by atoms with van der Waals surface area (Å²) in [7, 11) is -3.20. The number of anilines is 2. The van der Waals surface area contributed by atoms with Crippen LogP contribution in [0.25, 0.3) is 21.1 Å². The Morgan fingerprint density at radius 1 is 1.00 bits per heavy atom. The van der Waals surface area contributed by atoms with E-state index in [4.69, 9.17) is 14.7 Å². The zero-order chi connectivity index (χ0) is 34.9. The van der Waals surface area contributed by atoms with Crippen molar-refractivity contribution in [2.75, 3.05) is 69.1 Å².